The largest absolute Gasteiger partial charge is 0.327 e. The molecule has 0 aromatic carbocycles. The van der Waals surface area contributed by atoms with Crippen LogP contribution in [-0.4, -0.2) is 28.0 Å². The highest BCUT2D eigenvalue weighted by Gasteiger charge is 2.36. The van der Waals surface area contributed by atoms with Gasteiger partial charge in [0.15, 0.2) is 0 Å². The van der Waals surface area contributed by atoms with Crippen molar-refractivity contribution < 1.29 is 0 Å². The van der Waals surface area contributed by atoms with Gasteiger partial charge >= 0.3 is 0 Å². The van der Waals surface area contributed by atoms with Crippen molar-refractivity contribution in [2.24, 2.45) is 5.73 Å². The van der Waals surface area contributed by atoms with E-state index in [1.54, 1.807) is 0 Å². The fourth-order valence-electron chi connectivity index (χ4n) is 1.75. The highest BCUT2D eigenvalue weighted by Crippen LogP contribution is 2.40. The lowest BCUT2D eigenvalue weighted by atomic mass is 10.3. The van der Waals surface area contributed by atoms with Crippen LogP contribution in [0, 0.1) is 0 Å². The number of rotatable bonds is 0. The highest BCUT2D eigenvalue weighted by atomic mass is 32.2. The number of nitrogens with two attached hydrogens (primary N) is 1. The maximum Gasteiger partial charge on any atom is 0.0318 e. The third-order valence-corrected chi connectivity index (χ3v) is 5.63. The zero-order valence-electron chi connectivity index (χ0n) is 5.95. The molecule has 2 N–H and O–H groups in total. The Bertz CT molecular complexity index is 127. The number of hydrogen-bond donors (Lipinski definition) is 1. The molecule has 10 heavy (non-hydrogen) atoms. The van der Waals surface area contributed by atoms with E-state index in [1.165, 1.54) is 24.3 Å². The first kappa shape index (κ1) is 7.32. The van der Waals surface area contributed by atoms with Crippen molar-refractivity contribution in [1.29, 1.82) is 0 Å². The van der Waals surface area contributed by atoms with Crippen LogP contribution in [-0.2, 0) is 0 Å². The van der Waals surface area contributed by atoms with E-state index in [4.69, 9.17) is 5.73 Å². The molecule has 2 rings (SSSR count). The minimum Gasteiger partial charge on any atom is -0.327 e. The van der Waals surface area contributed by atoms with E-state index in [0.717, 1.165) is 10.5 Å². The highest BCUT2D eigenvalue weighted by molar-refractivity contribution is 8.07. The van der Waals surface area contributed by atoms with Gasteiger partial charge in [-0.1, -0.05) is 0 Å². The Labute approximate surface area is 70.5 Å². The Kier molecular flexibility index (Phi) is 2.16. The van der Waals surface area contributed by atoms with Gasteiger partial charge in [0, 0.05) is 28.0 Å². The lowest BCUT2D eigenvalue weighted by molar-refractivity contribution is 0.716. The summed E-state index contributed by atoms with van der Waals surface area (Å²) >= 11 is 4.23. The first-order chi connectivity index (χ1) is 4.88. The lowest BCUT2D eigenvalue weighted by Crippen LogP contribution is -2.34. The molecule has 0 unspecified atom stereocenters. The van der Waals surface area contributed by atoms with Gasteiger partial charge in [0.25, 0.3) is 0 Å². The van der Waals surface area contributed by atoms with Gasteiger partial charge in [-0.2, -0.15) is 23.5 Å². The molecule has 2 fully saturated rings. The Morgan fingerprint density at radius 1 is 1.10 bits per heavy atom. The van der Waals surface area contributed by atoms with E-state index in [-0.39, 0.29) is 0 Å². The van der Waals surface area contributed by atoms with Gasteiger partial charge in [0.05, 0.1) is 0 Å². The number of hydrogen-bond acceptors (Lipinski definition) is 3. The third-order valence-electron chi connectivity index (χ3n) is 2.30. The van der Waals surface area contributed by atoms with Crippen LogP contribution >= 0.6 is 23.5 Å². The van der Waals surface area contributed by atoms with Crippen molar-refractivity contribution in [2.45, 2.75) is 29.4 Å². The summed E-state index contributed by atoms with van der Waals surface area (Å²) in [5, 5.41) is 1.69. The van der Waals surface area contributed by atoms with Crippen LogP contribution in [0.5, 0.6) is 0 Å². The molecule has 0 amide bonds. The molecular formula is C7H13NS2. The summed E-state index contributed by atoms with van der Waals surface area (Å²) in [4.78, 5) is 0. The van der Waals surface area contributed by atoms with E-state index >= 15 is 0 Å². The molecular weight excluding hydrogens is 162 g/mol. The average molecular weight is 175 g/mol. The monoisotopic (exact) mass is 175 g/mol. The number of thioether (sulfide) groups is 2. The standard InChI is InChI=1S/C7H13NS2/c8-5-1-2-6-7(5)10-4-3-9-6/h5-7H,1-4,8H2/t5-,6+,7-/m0/s1. The molecule has 1 nitrogen and oxygen atoms in total. The summed E-state index contributed by atoms with van der Waals surface area (Å²) in [5.41, 5.74) is 5.96. The van der Waals surface area contributed by atoms with Crippen LogP contribution in [0.15, 0.2) is 0 Å². The topological polar surface area (TPSA) is 26.0 Å². The summed E-state index contributed by atoms with van der Waals surface area (Å²) in [7, 11) is 0. The van der Waals surface area contributed by atoms with E-state index in [1.807, 2.05) is 0 Å². The second kappa shape index (κ2) is 2.95. The van der Waals surface area contributed by atoms with Crippen molar-refractivity contribution in [3.05, 3.63) is 0 Å². The smallest absolute Gasteiger partial charge is 0.0318 e. The molecule has 58 valence electrons. The Hall–Kier alpha value is 0.660. The van der Waals surface area contributed by atoms with Crippen LogP contribution in [0.2, 0.25) is 0 Å². The first-order valence-electron chi connectivity index (χ1n) is 3.87. The van der Waals surface area contributed by atoms with Gasteiger partial charge in [0.2, 0.25) is 0 Å². The van der Waals surface area contributed by atoms with Crippen LogP contribution < -0.4 is 5.73 Å². The predicted octanol–water partition coefficient (Wildman–Crippen LogP) is 1.32. The van der Waals surface area contributed by atoms with Crippen molar-refractivity contribution in [3.63, 3.8) is 0 Å². The Balaban J connectivity index is 2.01. The normalized spacial score (nSPS) is 47.1. The van der Waals surface area contributed by atoms with Crippen LogP contribution in [0.1, 0.15) is 12.8 Å². The molecule has 3 heteroatoms. The molecule has 0 spiro atoms. The van der Waals surface area contributed by atoms with Gasteiger partial charge in [-0.15, -0.1) is 0 Å². The molecule has 0 radical (unpaired) electrons. The van der Waals surface area contributed by atoms with E-state index in [2.05, 4.69) is 23.5 Å². The van der Waals surface area contributed by atoms with Crippen molar-refractivity contribution in [1.82, 2.24) is 0 Å². The summed E-state index contributed by atoms with van der Waals surface area (Å²) in [6.45, 7) is 0. The zero-order valence-corrected chi connectivity index (χ0v) is 7.59. The molecule has 2 aliphatic rings. The number of fused-ring (bicyclic) bond motifs is 1. The second-order valence-corrected chi connectivity index (χ2v) is 5.62. The minimum atomic E-state index is 0.503. The minimum absolute atomic E-state index is 0.503. The molecule has 1 saturated carbocycles. The zero-order chi connectivity index (χ0) is 6.97. The first-order valence-corrected chi connectivity index (χ1v) is 5.96. The maximum atomic E-state index is 5.96. The Morgan fingerprint density at radius 3 is 2.70 bits per heavy atom. The molecule has 0 aromatic rings. The summed E-state index contributed by atoms with van der Waals surface area (Å²) in [6, 6.07) is 0.503. The second-order valence-electron chi connectivity index (χ2n) is 2.99. The molecule has 1 aliphatic heterocycles. The van der Waals surface area contributed by atoms with Gasteiger partial charge < -0.3 is 5.73 Å². The van der Waals surface area contributed by atoms with Crippen LogP contribution in [0.4, 0.5) is 0 Å². The lowest BCUT2D eigenvalue weighted by Gasteiger charge is -2.26. The van der Waals surface area contributed by atoms with E-state index in [0.29, 0.717) is 6.04 Å². The average Bonchev–Trinajstić information content (AvgIpc) is 2.34. The molecule has 1 saturated heterocycles. The van der Waals surface area contributed by atoms with Gasteiger partial charge in [0.1, 0.15) is 0 Å². The molecule has 1 aliphatic carbocycles. The fourth-order valence-corrected chi connectivity index (χ4v) is 5.00. The summed E-state index contributed by atoms with van der Waals surface area (Å²) in [6.07, 6.45) is 2.62. The van der Waals surface area contributed by atoms with Crippen LogP contribution in [0.25, 0.3) is 0 Å². The van der Waals surface area contributed by atoms with Gasteiger partial charge in [-0.05, 0) is 12.8 Å². The van der Waals surface area contributed by atoms with Crippen LogP contribution in [0.3, 0.4) is 0 Å². The predicted molar refractivity (Wildman–Crippen MR) is 49.7 cm³/mol. The maximum absolute atomic E-state index is 5.96. The summed E-state index contributed by atoms with van der Waals surface area (Å²) in [5.74, 6) is 2.66. The summed E-state index contributed by atoms with van der Waals surface area (Å²) < 4.78 is 0. The molecule has 0 aromatic heterocycles. The molecule has 0 bridgehead atoms. The van der Waals surface area contributed by atoms with Crippen molar-refractivity contribution in [2.75, 3.05) is 11.5 Å². The SMILES string of the molecule is N[C@H]1CC[C@H]2SCCS[C@@H]12. The molecule has 1 heterocycles. The quantitative estimate of drug-likeness (QED) is 0.601. The van der Waals surface area contributed by atoms with Crippen molar-refractivity contribution in [3.8, 4) is 0 Å². The van der Waals surface area contributed by atoms with E-state index < -0.39 is 0 Å². The fraction of sp³-hybridized carbons (Fsp3) is 1.00. The van der Waals surface area contributed by atoms with Gasteiger partial charge in [-0.25, -0.2) is 0 Å². The molecule has 3 atom stereocenters. The third kappa shape index (κ3) is 1.19. The van der Waals surface area contributed by atoms with Gasteiger partial charge in [-0.3, -0.25) is 0 Å². The van der Waals surface area contributed by atoms with E-state index in [9.17, 15) is 0 Å². The van der Waals surface area contributed by atoms with Crippen molar-refractivity contribution >= 4 is 23.5 Å². The Morgan fingerprint density at radius 2 is 1.90 bits per heavy atom.